The minimum atomic E-state index is -1.22. The fourth-order valence-electron chi connectivity index (χ4n) is 1.24. The Labute approximate surface area is 86.8 Å². The summed E-state index contributed by atoms with van der Waals surface area (Å²) in [4.78, 5) is 0. The van der Waals surface area contributed by atoms with Crippen LogP contribution in [0, 0.1) is 5.82 Å². The van der Waals surface area contributed by atoms with Gasteiger partial charge in [0.1, 0.15) is 11.9 Å². The summed E-state index contributed by atoms with van der Waals surface area (Å²) in [6.45, 7) is -0.240. The molecule has 2 atom stereocenters. The SMILES string of the molecule is Nc1ccc(C(O)C(O)CCO)cc1F. The number of hydrogen-bond donors (Lipinski definition) is 4. The molecule has 1 aromatic rings. The van der Waals surface area contributed by atoms with Gasteiger partial charge in [-0.25, -0.2) is 4.39 Å². The van der Waals surface area contributed by atoms with E-state index in [1.54, 1.807) is 0 Å². The summed E-state index contributed by atoms with van der Waals surface area (Å²) in [7, 11) is 0. The first kappa shape index (κ1) is 11.9. The predicted octanol–water partition coefficient (Wildman–Crippen LogP) is 0.185. The molecule has 0 heterocycles. The van der Waals surface area contributed by atoms with Gasteiger partial charge in [-0.3, -0.25) is 0 Å². The first-order valence-electron chi connectivity index (χ1n) is 4.58. The molecule has 1 rings (SSSR count). The van der Waals surface area contributed by atoms with Gasteiger partial charge in [0, 0.05) is 6.61 Å². The molecule has 4 nitrogen and oxygen atoms in total. The van der Waals surface area contributed by atoms with Crippen LogP contribution in [-0.2, 0) is 0 Å². The molecule has 5 N–H and O–H groups in total. The van der Waals surface area contributed by atoms with Crippen LogP contribution in [0.5, 0.6) is 0 Å². The van der Waals surface area contributed by atoms with E-state index >= 15 is 0 Å². The Bertz CT molecular complexity index is 332. The molecule has 0 aliphatic rings. The molecule has 0 aliphatic carbocycles. The lowest BCUT2D eigenvalue weighted by Gasteiger charge is -2.17. The summed E-state index contributed by atoms with van der Waals surface area (Å²) in [5.41, 5.74) is 5.49. The molecule has 0 bridgehead atoms. The lowest BCUT2D eigenvalue weighted by molar-refractivity contribution is 0.00409. The van der Waals surface area contributed by atoms with Crippen molar-refractivity contribution in [3.63, 3.8) is 0 Å². The van der Waals surface area contributed by atoms with E-state index in [-0.39, 0.29) is 24.3 Å². The number of halogens is 1. The van der Waals surface area contributed by atoms with Gasteiger partial charge in [0.2, 0.25) is 0 Å². The summed E-state index contributed by atoms with van der Waals surface area (Å²) in [6, 6.07) is 3.82. The average Bonchev–Trinajstić information content (AvgIpc) is 2.21. The van der Waals surface area contributed by atoms with Gasteiger partial charge in [-0.2, -0.15) is 0 Å². The van der Waals surface area contributed by atoms with Crippen LogP contribution in [0.1, 0.15) is 18.1 Å². The lowest BCUT2D eigenvalue weighted by atomic mass is 10.0. The Balaban J connectivity index is 2.81. The lowest BCUT2D eigenvalue weighted by Crippen LogP contribution is -2.19. The van der Waals surface area contributed by atoms with Crippen LogP contribution in [0.15, 0.2) is 18.2 Å². The van der Waals surface area contributed by atoms with Gasteiger partial charge < -0.3 is 21.1 Å². The maximum absolute atomic E-state index is 13.0. The number of hydrogen-bond acceptors (Lipinski definition) is 4. The zero-order valence-corrected chi connectivity index (χ0v) is 8.10. The molecule has 2 unspecified atom stereocenters. The van der Waals surface area contributed by atoms with E-state index in [0.29, 0.717) is 0 Å². The van der Waals surface area contributed by atoms with Crippen molar-refractivity contribution in [3.05, 3.63) is 29.6 Å². The van der Waals surface area contributed by atoms with Crippen molar-refractivity contribution in [2.45, 2.75) is 18.6 Å². The van der Waals surface area contributed by atoms with Gasteiger partial charge >= 0.3 is 0 Å². The Hall–Kier alpha value is -1.17. The molecule has 1 aromatic carbocycles. The third kappa shape index (κ3) is 2.89. The van der Waals surface area contributed by atoms with Crippen LogP contribution < -0.4 is 5.73 Å². The molecule has 0 amide bonds. The van der Waals surface area contributed by atoms with E-state index in [9.17, 15) is 14.6 Å². The molecular formula is C10H14FNO3. The molecule has 5 heteroatoms. The van der Waals surface area contributed by atoms with E-state index in [1.807, 2.05) is 0 Å². The Kier molecular flexibility index (Phi) is 4.02. The van der Waals surface area contributed by atoms with Crippen LogP contribution in [-0.4, -0.2) is 28.0 Å². The summed E-state index contributed by atoms with van der Waals surface area (Å²) in [6.07, 6.45) is -2.29. The summed E-state index contributed by atoms with van der Waals surface area (Å²) in [5, 5.41) is 27.5. The zero-order chi connectivity index (χ0) is 11.4. The molecule has 0 saturated carbocycles. The second-order valence-corrected chi connectivity index (χ2v) is 3.31. The fourth-order valence-corrected chi connectivity index (χ4v) is 1.24. The smallest absolute Gasteiger partial charge is 0.146 e. The van der Waals surface area contributed by atoms with Crippen molar-refractivity contribution in [2.24, 2.45) is 0 Å². The zero-order valence-electron chi connectivity index (χ0n) is 8.10. The van der Waals surface area contributed by atoms with Crippen molar-refractivity contribution in [2.75, 3.05) is 12.3 Å². The van der Waals surface area contributed by atoms with Gasteiger partial charge in [0.25, 0.3) is 0 Å². The van der Waals surface area contributed by atoms with E-state index in [4.69, 9.17) is 10.8 Å². The van der Waals surface area contributed by atoms with E-state index in [1.165, 1.54) is 12.1 Å². The highest BCUT2D eigenvalue weighted by Gasteiger charge is 2.18. The number of aliphatic hydroxyl groups excluding tert-OH is 3. The Morgan fingerprint density at radius 2 is 2.00 bits per heavy atom. The molecule has 15 heavy (non-hydrogen) atoms. The van der Waals surface area contributed by atoms with Crippen molar-refractivity contribution < 1.29 is 19.7 Å². The molecule has 0 aliphatic heterocycles. The van der Waals surface area contributed by atoms with Gasteiger partial charge in [0.15, 0.2) is 0 Å². The minimum absolute atomic E-state index is 0.0115. The highest BCUT2D eigenvalue weighted by molar-refractivity contribution is 5.41. The molecule has 0 aromatic heterocycles. The summed E-state index contributed by atoms with van der Waals surface area (Å²) in [5.74, 6) is -0.636. The van der Waals surface area contributed by atoms with Gasteiger partial charge in [-0.05, 0) is 24.1 Å². The van der Waals surface area contributed by atoms with Crippen LogP contribution in [0.2, 0.25) is 0 Å². The minimum Gasteiger partial charge on any atom is -0.396 e. The van der Waals surface area contributed by atoms with Crippen molar-refractivity contribution in [1.29, 1.82) is 0 Å². The highest BCUT2D eigenvalue weighted by atomic mass is 19.1. The number of nitrogen functional groups attached to an aromatic ring is 1. The third-order valence-electron chi connectivity index (χ3n) is 2.16. The average molecular weight is 215 g/mol. The number of anilines is 1. The predicted molar refractivity (Wildman–Crippen MR) is 53.5 cm³/mol. The molecular weight excluding hydrogens is 201 g/mol. The number of benzene rings is 1. The second-order valence-electron chi connectivity index (χ2n) is 3.31. The van der Waals surface area contributed by atoms with Gasteiger partial charge in [-0.15, -0.1) is 0 Å². The largest absolute Gasteiger partial charge is 0.396 e. The fraction of sp³-hybridized carbons (Fsp3) is 0.400. The van der Waals surface area contributed by atoms with Crippen LogP contribution >= 0.6 is 0 Å². The van der Waals surface area contributed by atoms with Crippen molar-refractivity contribution >= 4 is 5.69 Å². The maximum Gasteiger partial charge on any atom is 0.146 e. The first-order valence-corrected chi connectivity index (χ1v) is 4.58. The van der Waals surface area contributed by atoms with E-state index < -0.39 is 18.0 Å². The van der Waals surface area contributed by atoms with Crippen LogP contribution in [0.25, 0.3) is 0 Å². The monoisotopic (exact) mass is 215 g/mol. The van der Waals surface area contributed by atoms with Gasteiger partial charge in [-0.1, -0.05) is 6.07 Å². The van der Waals surface area contributed by atoms with Crippen molar-refractivity contribution in [1.82, 2.24) is 0 Å². The van der Waals surface area contributed by atoms with Crippen LogP contribution in [0.4, 0.5) is 10.1 Å². The maximum atomic E-state index is 13.0. The molecule has 84 valence electrons. The number of aliphatic hydroxyl groups is 3. The quantitative estimate of drug-likeness (QED) is 0.540. The van der Waals surface area contributed by atoms with Crippen LogP contribution in [0.3, 0.4) is 0 Å². The Morgan fingerprint density at radius 1 is 1.33 bits per heavy atom. The highest BCUT2D eigenvalue weighted by Crippen LogP contribution is 2.21. The topological polar surface area (TPSA) is 86.7 Å². The van der Waals surface area contributed by atoms with E-state index in [2.05, 4.69) is 0 Å². The molecule has 0 spiro atoms. The molecule has 0 radical (unpaired) electrons. The van der Waals surface area contributed by atoms with Gasteiger partial charge in [0.05, 0.1) is 11.8 Å². The van der Waals surface area contributed by atoms with E-state index in [0.717, 1.165) is 6.07 Å². The number of rotatable bonds is 4. The standard InChI is InChI=1S/C10H14FNO3/c11-7-5-6(1-2-8(7)12)10(15)9(14)3-4-13/h1-2,5,9-10,13-15H,3-4,12H2. The molecule has 0 saturated heterocycles. The summed E-state index contributed by atoms with van der Waals surface area (Å²) < 4.78 is 13.0. The first-order chi connectivity index (χ1) is 7.06. The molecule has 0 fully saturated rings. The Morgan fingerprint density at radius 3 is 2.53 bits per heavy atom. The third-order valence-corrected chi connectivity index (χ3v) is 2.16. The summed E-state index contributed by atoms with van der Waals surface area (Å²) >= 11 is 0. The normalized spacial score (nSPS) is 14.9. The van der Waals surface area contributed by atoms with Crippen molar-refractivity contribution in [3.8, 4) is 0 Å². The number of nitrogens with two attached hydrogens (primary N) is 1. The second kappa shape index (κ2) is 5.06.